The Morgan fingerprint density at radius 1 is 1.33 bits per heavy atom. The van der Waals surface area contributed by atoms with Gasteiger partial charge in [-0.05, 0) is 56.5 Å². The van der Waals surface area contributed by atoms with E-state index in [4.69, 9.17) is 0 Å². The van der Waals surface area contributed by atoms with Crippen molar-refractivity contribution in [1.29, 1.82) is 0 Å². The quantitative estimate of drug-likeness (QED) is 0.914. The van der Waals surface area contributed by atoms with E-state index in [-0.39, 0.29) is 5.91 Å². The van der Waals surface area contributed by atoms with Gasteiger partial charge in [0.25, 0.3) is 0 Å². The van der Waals surface area contributed by atoms with Crippen molar-refractivity contribution >= 4 is 27.5 Å². The Hall–Kier alpha value is -1.62. The summed E-state index contributed by atoms with van der Waals surface area (Å²) in [6.07, 6.45) is 1.18. The molecule has 0 saturated carbocycles. The van der Waals surface area contributed by atoms with Gasteiger partial charge in [-0.1, -0.05) is 15.9 Å². The van der Waals surface area contributed by atoms with Crippen LogP contribution in [0.2, 0.25) is 0 Å². The Labute approximate surface area is 133 Å². The van der Waals surface area contributed by atoms with Crippen LogP contribution in [0, 0.1) is 20.8 Å². The standard InChI is InChI=1S/C16H20BrN3O/c1-10-9-13(5-7-15(10)17)18-16(21)8-6-14-11(2)19-20(4)12(14)3/h5,7,9H,6,8H2,1-4H3,(H,18,21). The second kappa shape index (κ2) is 6.43. The lowest BCUT2D eigenvalue weighted by atomic mass is 10.1. The third kappa shape index (κ3) is 3.73. The molecule has 1 heterocycles. The van der Waals surface area contributed by atoms with Crippen LogP contribution in [0.15, 0.2) is 22.7 Å². The number of hydrogen-bond acceptors (Lipinski definition) is 2. The van der Waals surface area contributed by atoms with Crippen molar-refractivity contribution in [1.82, 2.24) is 9.78 Å². The molecule has 0 radical (unpaired) electrons. The summed E-state index contributed by atoms with van der Waals surface area (Å²) in [5.74, 6) is 0.0272. The summed E-state index contributed by atoms with van der Waals surface area (Å²) < 4.78 is 2.91. The molecule has 2 rings (SSSR count). The highest BCUT2D eigenvalue weighted by Gasteiger charge is 2.11. The number of halogens is 1. The summed E-state index contributed by atoms with van der Waals surface area (Å²) in [7, 11) is 1.93. The lowest BCUT2D eigenvalue weighted by Gasteiger charge is -2.07. The average Bonchev–Trinajstić information content (AvgIpc) is 2.66. The van der Waals surface area contributed by atoms with Crippen molar-refractivity contribution in [2.75, 3.05) is 5.32 Å². The molecule has 0 atom stereocenters. The van der Waals surface area contributed by atoms with E-state index in [1.54, 1.807) is 0 Å². The molecule has 0 bridgehead atoms. The molecule has 2 aromatic rings. The molecule has 0 fully saturated rings. The number of nitrogens with one attached hydrogen (secondary N) is 1. The summed E-state index contributed by atoms with van der Waals surface area (Å²) in [6, 6.07) is 5.80. The molecule has 0 saturated heterocycles. The summed E-state index contributed by atoms with van der Waals surface area (Å²) in [4.78, 5) is 12.1. The molecule has 0 aliphatic rings. The van der Waals surface area contributed by atoms with Crippen molar-refractivity contribution in [3.05, 3.63) is 45.2 Å². The summed E-state index contributed by atoms with van der Waals surface area (Å²) in [5.41, 5.74) is 5.23. The molecule has 0 aliphatic carbocycles. The highest BCUT2D eigenvalue weighted by atomic mass is 79.9. The minimum atomic E-state index is 0.0272. The van der Waals surface area contributed by atoms with Gasteiger partial charge in [0.15, 0.2) is 0 Å². The van der Waals surface area contributed by atoms with Crippen LogP contribution in [0.1, 0.15) is 28.9 Å². The molecule has 4 nitrogen and oxygen atoms in total. The summed E-state index contributed by atoms with van der Waals surface area (Å²) >= 11 is 3.45. The SMILES string of the molecule is Cc1cc(NC(=O)CCc2c(C)nn(C)c2C)ccc1Br. The highest BCUT2D eigenvalue weighted by Crippen LogP contribution is 2.20. The molecule has 0 spiro atoms. The molecule has 0 unspecified atom stereocenters. The molecule has 1 N–H and O–H groups in total. The predicted octanol–water partition coefficient (Wildman–Crippen LogP) is 3.68. The Morgan fingerprint density at radius 2 is 2.05 bits per heavy atom. The van der Waals surface area contributed by atoms with Gasteiger partial charge < -0.3 is 5.32 Å². The number of carbonyl (C=O) groups excluding carboxylic acids is 1. The van der Waals surface area contributed by atoms with Gasteiger partial charge >= 0.3 is 0 Å². The first kappa shape index (κ1) is 15.8. The number of rotatable bonds is 4. The second-order valence-corrected chi connectivity index (χ2v) is 6.14. The van der Waals surface area contributed by atoms with E-state index in [1.165, 1.54) is 5.56 Å². The van der Waals surface area contributed by atoms with Crippen LogP contribution in [0.25, 0.3) is 0 Å². The number of amides is 1. The second-order valence-electron chi connectivity index (χ2n) is 5.29. The average molecular weight is 350 g/mol. The Kier molecular flexibility index (Phi) is 4.83. The van der Waals surface area contributed by atoms with Gasteiger partial charge in [0, 0.05) is 29.3 Å². The third-order valence-electron chi connectivity index (χ3n) is 3.70. The predicted molar refractivity (Wildman–Crippen MR) is 88.5 cm³/mol. The lowest BCUT2D eigenvalue weighted by Crippen LogP contribution is -2.12. The third-order valence-corrected chi connectivity index (χ3v) is 4.59. The number of benzene rings is 1. The van der Waals surface area contributed by atoms with Crippen LogP contribution >= 0.6 is 15.9 Å². The van der Waals surface area contributed by atoms with Crippen molar-refractivity contribution in [3.8, 4) is 0 Å². The van der Waals surface area contributed by atoms with E-state index < -0.39 is 0 Å². The van der Waals surface area contributed by atoms with Crippen LogP contribution in [-0.2, 0) is 18.3 Å². The van der Waals surface area contributed by atoms with Crippen LogP contribution in [-0.4, -0.2) is 15.7 Å². The fraction of sp³-hybridized carbons (Fsp3) is 0.375. The molecule has 0 aliphatic heterocycles. The topological polar surface area (TPSA) is 46.9 Å². The zero-order valence-electron chi connectivity index (χ0n) is 12.8. The number of carbonyl (C=O) groups is 1. The maximum Gasteiger partial charge on any atom is 0.224 e. The van der Waals surface area contributed by atoms with Gasteiger partial charge in [0.1, 0.15) is 0 Å². The van der Waals surface area contributed by atoms with Gasteiger partial charge in [0.2, 0.25) is 5.91 Å². The van der Waals surface area contributed by atoms with Crippen LogP contribution in [0.4, 0.5) is 5.69 Å². The number of nitrogens with zero attached hydrogens (tertiary/aromatic N) is 2. The molecule has 1 aromatic carbocycles. The summed E-state index contributed by atoms with van der Waals surface area (Å²) in [5, 5.41) is 7.31. The van der Waals surface area contributed by atoms with Crippen LogP contribution < -0.4 is 5.32 Å². The van der Waals surface area contributed by atoms with Crippen molar-refractivity contribution in [3.63, 3.8) is 0 Å². The van der Waals surface area contributed by atoms with Crippen LogP contribution in [0.3, 0.4) is 0 Å². The number of anilines is 1. The van der Waals surface area contributed by atoms with Gasteiger partial charge in [-0.3, -0.25) is 9.48 Å². The maximum absolute atomic E-state index is 12.1. The Bertz CT molecular complexity index is 676. The van der Waals surface area contributed by atoms with E-state index in [0.717, 1.165) is 27.1 Å². The summed E-state index contributed by atoms with van der Waals surface area (Å²) in [6.45, 7) is 6.02. The van der Waals surface area contributed by atoms with E-state index in [9.17, 15) is 4.79 Å². The zero-order chi connectivity index (χ0) is 15.6. The van der Waals surface area contributed by atoms with E-state index in [2.05, 4.69) is 26.3 Å². The van der Waals surface area contributed by atoms with Crippen LogP contribution in [0.5, 0.6) is 0 Å². The van der Waals surface area contributed by atoms with Gasteiger partial charge in [-0.25, -0.2) is 0 Å². The minimum Gasteiger partial charge on any atom is -0.326 e. The normalized spacial score (nSPS) is 10.7. The number of aryl methyl sites for hydroxylation is 3. The monoisotopic (exact) mass is 349 g/mol. The zero-order valence-corrected chi connectivity index (χ0v) is 14.4. The fourth-order valence-electron chi connectivity index (χ4n) is 2.36. The molecular weight excluding hydrogens is 330 g/mol. The van der Waals surface area contributed by atoms with Gasteiger partial charge in [-0.15, -0.1) is 0 Å². The largest absolute Gasteiger partial charge is 0.326 e. The molecule has 1 aromatic heterocycles. The van der Waals surface area contributed by atoms with Crippen molar-refractivity contribution in [2.24, 2.45) is 7.05 Å². The highest BCUT2D eigenvalue weighted by molar-refractivity contribution is 9.10. The fourth-order valence-corrected chi connectivity index (χ4v) is 2.61. The number of aromatic nitrogens is 2. The first-order valence-corrected chi connectivity index (χ1v) is 7.73. The number of hydrogen-bond donors (Lipinski definition) is 1. The van der Waals surface area contributed by atoms with Gasteiger partial charge in [-0.2, -0.15) is 5.10 Å². The lowest BCUT2D eigenvalue weighted by molar-refractivity contribution is -0.116. The molecular formula is C16H20BrN3O. The van der Waals surface area contributed by atoms with E-state index >= 15 is 0 Å². The molecule has 21 heavy (non-hydrogen) atoms. The maximum atomic E-state index is 12.1. The first-order valence-electron chi connectivity index (χ1n) is 6.93. The Morgan fingerprint density at radius 3 is 2.62 bits per heavy atom. The van der Waals surface area contributed by atoms with Crippen molar-refractivity contribution < 1.29 is 4.79 Å². The van der Waals surface area contributed by atoms with E-state index in [0.29, 0.717) is 12.8 Å². The molecule has 5 heteroatoms. The minimum absolute atomic E-state index is 0.0272. The van der Waals surface area contributed by atoms with Crippen molar-refractivity contribution in [2.45, 2.75) is 33.6 Å². The van der Waals surface area contributed by atoms with E-state index in [1.807, 2.05) is 50.7 Å². The molecule has 112 valence electrons. The van der Waals surface area contributed by atoms with Gasteiger partial charge in [0.05, 0.1) is 5.69 Å². The first-order chi connectivity index (χ1) is 9.88. The Balaban J connectivity index is 1.97. The molecule has 1 amide bonds. The smallest absolute Gasteiger partial charge is 0.224 e.